The summed E-state index contributed by atoms with van der Waals surface area (Å²) in [5.41, 5.74) is 0.707. The molecule has 1 aliphatic rings. The summed E-state index contributed by atoms with van der Waals surface area (Å²) in [5, 5.41) is 7.14. The minimum absolute atomic E-state index is 0.199. The summed E-state index contributed by atoms with van der Waals surface area (Å²) >= 11 is 1.60. The van der Waals surface area contributed by atoms with E-state index in [1.165, 1.54) is 6.20 Å². The molecule has 22 heavy (non-hydrogen) atoms. The molecule has 3 heterocycles. The van der Waals surface area contributed by atoms with Crippen LogP contribution >= 0.6 is 11.3 Å². The molecule has 0 aliphatic carbocycles. The van der Waals surface area contributed by atoms with Crippen LogP contribution in [0.4, 0.5) is 0 Å². The summed E-state index contributed by atoms with van der Waals surface area (Å²) < 4.78 is 29.1. The zero-order valence-electron chi connectivity index (χ0n) is 12.8. The van der Waals surface area contributed by atoms with Crippen LogP contribution in [0, 0.1) is 6.92 Å². The third kappa shape index (κ3) is 2.70. The first-order valence-electron chi connectivity index (χ1n) is 7.46. The van der Waals surface area contributed by atoms with Crippen molar-refractivity contribution in [2.24, 2.45) is 0 Å². The largest absolute Gasteiger partial charge is 0.269 e. The second-order valence-electron chi connectivity index (χ2n) is 5.48. The van der Waals surface area contributed by atoms with Gasteiger partial charge in [-0.05, 0) is 26.7 Å². The molecular weight excluding hydrogens is 320 g/mol. The van der Waals surface area contributed by atoms with Crippen molar-refractivity contribution in [1.29, 1.82) is 0 Å². The Balaban J connectivity index is 1.87. The van der Waals surface area contributed by atoms with Crippen LogP contribution in [0.5, 0.6) is 0 Å². The Hall–Kier alpha value is -1.25. The number of hydrogen-bond acceptors (Lipinski definition) is 5. The molecule has 8 heteroatoms. The maximum absolute atomic E-state index is 12.9. The van der Waals surface area contributed by atoms with E-state index in [2.05, 4.69) is 10.1 Å². The van der Waals surface area contributed by atoms with Crippen LogP contribution in [0.2, 0.25) is 0 Å². The van der Waals surface area contributed by atoms with Crippen molar-refractivity contribution < 1.29 is 8.42 Å². The fourth-order valence-electron chi connectivity index (χ4n) is 2.94. The maximum Gasteiger partial charge on any atom is 0.246 e. The lowest BCUT2D eigenvalue weighted by Gasteiger charge is -2.30. The summed E-state index contributed by atoms with van der Waals surface area (Å²) in [6.07, 6.45) is 5.11. The molecule has 3 rings (SSSR count). The number of nitrogens with zero attached hydrogens (tertiary/aromatic N) is 4. The molecule has 0 radical (unpaired) electrons. The molecule has 0 amide bonds. The average Bonchev–Trinajstić information content (AvgIpc) is 3.16. The van der Waals surface area contributed by atoms with Crippen molar-refractivity contribution >= 4 is 21.4 Å². The third-order valence-electron chi connectivity index (χ3n) is 4.16. The third-order valence-corrected chi connectivity index (χ3v) is 7.07. The number of thiazole rings is 1. The van der Waals surface area contributed by atoms with Gasteiger partial charge in [0.05, 0.1) is 16.9 Å². The Bertz CT molecular complexity index is 737. The molecule has 1 aliphatic heterocycles. The topological polar surface area (TPSA) is 68.1 Å². The van der Waals surface area contributed by atoms with Gasteiger partial charge in [-0.1, -0.05) is 0 Å². The minimum Gasteiger partial charge on any atom is -0.269 e. The Kier molecular flexibility index (Phi) is 4.33. The zero-order valence-corrected chi connectivity index (χ0v) is 14.4. The number of piperidine rings is 1. The standard InChI is InChI=1S/C14H20N4O2S2/c1-3-18-11(2)13(9-16-18)22(19,20)17-7-4-5-12(10-17)14-15-6-8-21-14/h6,8-9,12H,3-5,7,10H2,1-2H3/t12-/m1/s1. The molecule has 1 atom stereocenters. The van der Waals surface area contributed by atoms with Crippen LogP contribution in [-0.4, -0.2) is 40.6 Å². The molecule has 1 fully saturated rings. The van der Waals surface area contributed by atoms with E-state index in [0.29, 0.717) is 30.2 Å². The van der Waals surface area contributed by atoms with E-state index in [-0.39, 0.29) is 5.92 Å². The minimum atomic E-state index is -3.48. The highest BCUT2D eigenvalue weighted by atomic mass is 32.2. The number of hydrogen-bond donors (Lipinski definition) is 0. The van der Waals surface area contributed by atoms with E-state index >= 15 is 0 Å². The van der Waals surface area contributed by atoms with Gasteiger partial charge in [0.2, 0.25) is 10.0 Å². The van der Waals surface area contributed by atoms with Gasteiger partial charge in [0, 0.05) is 37.1 Å². The zero-order chi connectivity index (χ0) is 15.7. The van der Waals surface area contributed by atoms with Gasteiger partial charge >= 0.3 is 0 Å². The van der Waals surface area contributed by atoms with Crippen LogP contribution in [0.15, 0.2) is 22.7 Å². The van der Waals surface area contributed by atoms with Gasteiger partial charge in [-0.25, -0.2) is 13.4 Å². The van der Waals surface area contributed by atoms with Gasteiger partial charge in [0.15, 0.2) is 0 Å². The molecule has 120 valence electrons. The molecule has 1 saturated heterocycles. The van der Waals surface area contributed by atoms with Crippen LogP contribution in [0.1, 0.15) is 36.4 Å². The number of rotatable bonds is 4. The Morgan fingerprint density at radius 3 is 2.91 bits per heavy atom. The summed E-state index contributed by atoms with van der Waals surface area (Å²) in [6, 6.07) is 0. The molecule has 0 spiro atoms. The first-order chi connectivity index (χ1) is 10.5. The fourth-order valence-corrected chi connectivity index (χ4v) is 5.39. The maximum atomic E-state index is 12.9. The van der Waals surface area contributed by atoms with E-state index in [1.54, 1.807) is 26.5 Å². The smallest absolute Gasteiger partial charge is 0.246 e. The first kappa shape index (κ1) is 15.6. The van der Waals surface area contributed by atoms with Gasteiger partial charge in [-0.3, -0.25) is 4.68 Å². The molecule has 0 saturated carbocycles. The van der Waals surface area contributed by atoms with Crippen molar-refractivity contribution in [3.63, 3.8) is 0 Å². The molecule has 0 bridgehead atoms. The Labute approximate surface area is 134 Å². The highest BCUT2D eigenvalue weighted by Crippen LogP contribution is 2.31. The average molecular weight is 340 g/mol. The monoisotopic (exact) mass is 340 g/mol. The van der Waals surface area contributed by atoms with Crippen LogP contribution in [-0.2, 0) is 16.6 Å². The lowest BCUT2D eigenvalue weighted by molar-refractivity contribution is 0.315. The van der Waals surface area contributed by atoms with Crippen molar-refractivity contribution in [3.8, 4) is 0 Å². The normalized spacial score (nSPS) is 20.4. The number of aryl methyl sites for hydroxylation is 1. The summed E-state index contributed by atoms with van der Waals surface area (Å²) in [6.45, 7) is 5.51. The van der Waals surface area contributed by atoms with Gasteiger partial charge in [-0.15, -0.1) is 11.3 Å². The van der Waals surface area contributed by atoms with Crippen molar-refractivity contribution in [2.75, 3.05) is 13.1 Å². The van der Waals surface area contributed by atoms with E-state index in [9.17, 15) is 8.42 Å². The molecule has 0 unspecified atom stereocenters. The van der Waals surface area contributed by atoms with E-state index in [0.717, 1.165) is 17.8 Å². The van der Waals surface area contributed by atoms with Crippen LogP contribution in [0.3, 0.4) is 0 Å². The number of aromatic nitrogens is 3. The van der Waals surface area contributed by atoms with E-state index in [4.69, 9.17) is 0 Å². The summed E-state index contributed by atoms with van der Waals surface area (Å²) in [7, 11) is -3.48. The molecule has 2 aromatic heterocycles. The molecule has 0 aromatic carbocycles. The van der Waals surface area contributed by atoms with Crippen LogP contribution in [0.25, 0.3) is 0 Å². The highest BCUT2D eigenvalue weighted by molar-refractivity contribution is 7.89. The highest BCUT2D eigenvalue weighted by Gasteiger charge is 2.33. The molecule has 6 nitrogen and oxygen atoms in total. The Morgan fingerprint density at radius 1 is 1.45 bits per heavy atom. The van der Waals surface area contributed by atoms with Gasteiger partial charge in [0.1, 0.15) is 4.90 Å². The number of sulfonamides is 1. The lowest BCUT2D eigenvalue weighted by Crippen LogP contribution is -2.39. The van der Waals surface area contributed by atoms with Crippen molar-refractivity contribution in [1.82, 2.24) is 19.1 Å². The predicted octanol–water partition coefficient (Wildman–Crippen LogP) is 2.24. The first-order valence-corrected chi connectivity index (χ1v) is 9.78. The van der Waals surface area contributed by atoms with Crippen LogP contribution < -0.4 is 0 Å². The van der Waals surface area contributed by atoms with Gasteiger partial charge < -0.3 is 0 Å². The second-order valence-corrected chi connectivity index (χ2v) is 8.32. The lowest BCUT2D eigenvalue weighted by atomic mass is 10.0. The SMILES string of the molecule is CCn1ncc(S(=O)(=O)N2CCC[C@@H](c3nccs3)C2)c1C. The summed E-state index contributed by atoms with van der Waals surface area (Å²) in [5.74, 6) is 0.199. The van der Waals surface area contributed by atoms with E-state index in [1.807, 2.05) is 19.2 Å². The van der Waals surface area contributed by atoms with Crippen molar-refractivity contribution in [3.05, 3.63) is 28.5 Å². The van der Waals surface area contributed by atoms with Crippen molar-refractivity contribution in [2.45, 2.75) is 44.0 Å². The van der Waals surface area contributed by atoms with Gasteiger partial charge in [0.25, 0.3) is 0 Å². The summed E-state index contributed by atoms with van der Waals surface area (Å²) in [4.78, 5) is 4.67. The second kappa shape index (κ2) is 6.10. The molecular formula is C14H20N4O2S2. The predicted molar refractivity (Wildman–Crippen MR) is 85.5 cm³/mol. The van der Waals surface area contributed by atoms with E-state index < -0.39 is 10.0 Å². The van der Waals surface area contributed by atoms with Gasteiger partial charge in [-0.2, -0.15) is 9.40 Å². The molecule has 2 aromatic rings. The molecule has 0 N–H and O–H groups in total. The quantitative estimate of drug-likeness (QED) is 0.856. The Morgan fingerprint density at radius 2 is 2.27 bits per heavy atom. The fraction of sp³-hybridized carbons (Fsp3) is 0.571.